The number of nitrogens with zero attached hydrogens (tertiary/aromatic N) is 1. The Hall–Kier alpha value is -1.39. The van der Waals surface area contributed by atoms with Gasteiger partial charge in [0.25, 0.3) is 0 Å². The molecule has 0 aromatic heterocycles. The lowest BCUT2D eigenvalue weighted by atomic mass is 9.99. The van der Waals surface area contributed by atoms with E-state index in [1.54, 1.807) is 6.92 Å². The Balaban J connectivity index is 1.99. The van der Waals surface area contributed by atoms with E-state index in [0.717, 1.165) is 31.8 Å². The third-order valence-electron chi connectivity index (χ3n) is 3.76. The second kappa shape index (κ2) is 5.94. The summed E-state index contributed by atoms with van der Waals surface area (Å²) in [5.74, 6) is -1.24. The van der Waals surface area contributed by atoms with Gasteiger partial charge < -0.3 is 9.84 Å². The topological polar surface area (TPSA) is 49.8 Å². The van der Waals surface area contributed by atoms with E-state index in [0.29, 0.717) is 0 Å². The van der Waals surface area contributed by atoms with Crippen molar-refractivity contribution in [3.63, 3.8) is 0 Å². The zero-order valence-corrected chi connectivity index (χ0v) is 12.4. The Bertz CT molecular complexity index is 467. The maximum atomic E-state index is 11.0. The van der Waals surface area contributed by atoms with Gasteiger partial charge in [-0.2, -0.15) is 0 Å². The molecule has 1 unspecified atom stereocenters. The van der Waals surface area contributed by atoms with Crippen molar-refractivity contribution >= 4 is 5.97 Å². The molecule has 2 rings (SSSR count). The van der Waals surface area contributed by atoms with E-state index in [9.17, 15) is 4.79 Å². The van der Waals surface area contributed by atoms with Crippen LogP contribution in [0.4, 0.5) is 0 Å². The van der Waals surface area contributed by atoms with Crippen LogP contribution < -0.4 is 0 Å². The molecular formula is C16H23NO3. The maximum Gasteiger partial charge on any atom is 0.310 e. The number of hydrogen-bond acceptors (Lipinski definition) is 3. The molecule has 1 aromatic rings. The highest BCUT2D eigenvalue weighted by molar-refractivity contribution is 5.75. The van der Waals surface area contributed by atoms with Crippen molar-refractivity contribution in [1.29, 1.82) is 0 Å². The summed E-state index contributed by atoms with van der Waals surface area (Å²) < 4.78 is 5.70. The molecule has 1 saturated heterocycles. The lowest BCUT2D eigenvalue weighted by Crippen LogP contribution is -2.47. The van der Waals surface area contributed by atoms with Gasteiger partial charge in [0.1, 0.15) is 0 Å². The van der Waals surface area contributed by atoms with Crippen molar-refractivity contribution in [1.82, 2.24) is 4.90 Å². The summed E-state index contributed by atoms with van der Waals surface area (Å²) in [4.78, 5) is 13.3. The molecular weight excluding hydrogens is 254 g/mol. The zero-order chi connectivity index (χ0) is 14.8. The molecule has 1 fully saturated rings. The number of ether oxygens (including phenoxy) is 1. The fraction of sp³-hybridized carbons (Fsp3) is 0.562. The van der Waals surface area contributed by atoms with Crippen LogP contribution >= 0.6 is 0 Å². The molecule has 0 saturated carbocycles. The van der Waals surface area contributed by atoms with Crippen molar-refractivity contribution in [2.75, 3.05) is 19.7 Å². The minimum atomic E-state index is -0.785. The monoisotopic (exact) mass is 277 g/mol. The first kappa shape index (κ1) is 15.0. The highest BCUT2D eigenvalue weighted by atomic mass is 16.5. The molecule has 1 N–H and O–H groups in total. The van der Waals surface area contributed by atoms with Gasteiger partial charge in [-0.25, -0.2) is 0 Å². The molecule has 0 aliphatic carbocycles. The SMILES string of the molecule is CC(C(=O)O)c1ccc(CN2CCOC(C)(C)C2)cc1. The van der Waals surface area contributed by atoms with E-state index in [1.807, 2.05) is 24.3 Å². The molecule has 1 aliphatic heterocycles. The van der Waals surface area contributed by atoms with Crippen LogP contribution in [0.25, 0.3) is 0 Å². The number of carboxylic acids is 1. The van der Waals surface area contributed by atoms with Crippen molar-refractivity contribution < 1.29 is 14.6 Å². The summed E-state index contributed by atoms with van der Waals surface area (Å²) in [7, 11) is 0. The van der Waals surface area contributed by atoms with Crippen LogP contribution in [0.1, 0.15) is 37.8 Å². The summed E-state index contributed by atoms with van der Waals surface area (Å²) in [5.41, 5.74) is 1.98. The smallest absolute Gasteiger partial charge is 0.310 e. The Labute approximate surface area is 120 Å². The van der Waals surface area contributed by atoms with Crippen LogP contribution in [0.5, 0.6) is 0 Å². The largest absolute Gasteiger partial charge is 0.481 e. The molecule has 1 aromatic carbocycles. The van der Waals surface area contributed by atoms with Crippen molar-refractivity contribution in [2.45, 2.75) is 38.8 Å². The van der Waals surface area contributed by atoms with E-state index in [-0.39, 0.29) is 5.60 Å². The number of aliphatic carboxylic acids is 1. The minimum absolute atomic E-state index is 0.0873. The zero-order valence-electron chi connectivity index (χ0n) is 12.4. The molecule has 4 nitrogen and oxygen atoms in total. The Morgan fingerprint density at radius 3 is 2.60 bits per heavy atom. The van der Waals surface area contributed by atoms with Crippen molar-refractivity contribution in [3.8, 4) is 0 Å². The third kappa shape index (κ3) is 3.81. The predicted octanol–water partition coefficient (Wildman–Crippen LogP) is 2.49. The standard InChI is InChI=1S/C16H23NO3/c1-12(15(18)19)14-6-4-13(5-7-14)10-17-8-9-20-16(2,3)11-17/h4-7,12H,8-11H2,1-3H3,(H,18,19). The molecule has 1 aliphatic rings. The number of carboxylic acid groups (broad SMARTS) is 1. The second-order valence-corrected chi connectivity index (χ2v) is 6.12. The second-order valence-electron chi connectivity index (χ2n) is 6.12. The highest BCUT2D eigenvalue weighted by Gasteiger charge is 2.26. The fourth-order valence-corrected chi connectivity index (χ4v) is 2.56. The number of morpholine rings is 1. The number of rotatable bonds is 4. The van der Waals surface area contributed by atoms with Gasteiger partial charge in [0.15, 0.2) is 0 Å². The Morgan fingerprint density at radius 1 is 1.40 bits per heavy atom. The number of hydrogen-bond donors (Lipinski definition) is 1. The van der Waals surface area contributed by atoms with Crippen molar-refractivity contribution in [2.24, 2.45) is 0 Å². The van der Waals surface area contributed by atoms with Crippen molar-refractivity contribution in [3.05, 3.63) is 35.4 Å². The quantitative estimate of drug-likeness (QED) is 0.918. The molecule has 4 heteroatoms. The van der Waals surface area contributed by atoms with Crippen LogP contribution in [-0.4, -0.2) is 41.3 Å². The maximum absolute atomic E-state index is 11.0. The van der Waals surface area contributed by atoms with Crippen LogP contribution in [0.15, 0.2) is 24.3 Å². The molecule has 0 bridgehead atoms. The predicted molar refractivity (Wildman–Crippen MR) is 77.8 cm³/mol. The summed E-state index contributed by atoms with van der Waals surface area (Å²) >= 11 is 0. The van der Waals surface area contributed by atoms with Gasteiger partial charge in [-0.15, -0.1) is 0 Å². The van der Waals surface area contributed by atoms with Gasteiger partial charge in [0.2, 0.25) is 0 Å². The van der Waals surface area contributed by atoms with Crippen LogP contribution in [0.2, 0.25) is 0 Å². The third-order valence-corrected chi connectivity index (χ3v) is 3.76. The first-order valence-electron chi connectivity index (χ1n) is 7.05. The lowest BCUT2D eigenvalue weighted by molar-refractivity contribution is -0.138. The minimum Gasteiger partial charge on any atom is -0.481 e. The van der Waals surface area contributed by atoms with Gasteiger partial charge in [-0.3, -0.25) is 9.69 Å². The van der Waals surface area contributed by atoms with E-state index in [4.69, 9.17) is 9.84 Å². The number of carbonyl (C=O) groups is 1. The van der Waals surface area contributed by atoms with E-state index in [2.05, 4.69) is 18.7 Å². The molecule has 1 heterocycles. The van der Waals surface area contributed by atoms with Gasteiger partial charge in [0.05, 0.1) is 18.1 Å². The highest BCUT2D eigenvalue weighted by Crippen LogP contribution is 2.20. The Morgan fingerprint density at radius 2 is 2.05 bits per heavy atom. The molecule has 0 radical (unpaired) electrons. The van der Waals surface area contributed by atoms with E-state index >= 15 is 0 Å². The summed E-state index contributed by atoms with van der Waals surface area (Å²) in [6, 6.07) is 7.88. The Kier molecular flexibility index (Phi) is 4.45. The lowest BCUT2D eigenvalue weighted by Gasteiger charge is -2.38. The van der Waals surface area contributed by atoms with E-state index < -0.39 is 11.9 Å². The summed E-state index contributed by atoms with van der Waals surface area (Å²) in [5, 5.41) is 9.00. The first-order valence-corrected chi connectivity index (χ1v) is 7.05. The average Bonchev–Trinajstić information content (AvgIpc) is 2.37. The fourth-order valence-electron chi connectivity index (χ4n) is 2.56. The van der Waals surface area contributed by atoms with Gasteiger partial charge in [0, 0.05) is 19.6 Å². The molecule has 1 atom stereocenters. The molecule has 110 valence electrons. The van der Waals surface area contributed by atoms with Gasteiger partial charge in [-0.05, 0) is 31.9 Å². The van der Waals surface area contributed by atoms with Gasteiger partial charge >= 0.3 is 5.97 Å². The molecule has 0 spiro atoms. The molecule has 0 amide bonds. The van der Waals surface area contributed by atoms with E-state index in [1.165, 1.54) is 5.56 Å². The normalized spacial score (nSPS) is 20.6. The van der Waals surface area contributed by atoms with Crippen LogP contribution in [-0.2, 0) is 16.1 Å². The van der Waals surface area contributed by atoms with Gasteiger partial charge in [-0.1, -0.05) is 24.3 Å². The summed E-state index contributed by atoms with van der Waals surface area (Å²) in [6.45, 7) is 9.43. The number of benzene rings is 1. The summed E-state index contributed by atoms with van der Waals surface area (Å²) in [6.07, 6.45) is 0. The first-order chi connectivity index (χ1) is 9.37. The van der Waals surface area contributed by atoms with Crippen LogP contribution in [0.3, 0.4) is 0 Å². The average molecular weight is 277 g/mol. The molecule has 20 heavy (non-hydrogen) atoms. The van der Waals surface area contributed by atoms with Crippen LogP contribution in [0, 0.1) is 0 Å².